The van der Waals surface area contributed by atoms with Crippen LogP contribution in [0.25, 0.3) is 0 Å². The second-order valence-electron chi connectivity index (χ2n) is 2.21. The van der Waals surface area contributed by atoms with Gasteiger partial charge in [-0.2, -0.15) is 0 Å². The molecular formula is C8H10BrP. The summed E-state index contributed by atoms with van der Waals surface area (Å²) in [6, 6.07) is 10.4. The Labute approximate surface area is 72.4 Å². The molecule has 0 aliphatic heterocycles. The molecule has 2 atom stereocenters. The van der Waals surface area contributed by atoms with Crippen LogP contribution in [0.4, 0.5) is 0 Å². The van der Waals surface area contributed by atoms with E-state index in [1.54, 1.807) is 0 Å². The van der Waals surface area contributed by atoms with E-state index in [4.69, 9.17) is 0 Å². The lowest BCUT2D eigenvalue weighted by atomic mass is 10.2. The van der Waals surface area contributed by atoms with E-state index in [0.717, 1.165) is 6.42 Å². The molecule has 0 spiro atoms. The summed E-state index contributed by atoms with van der Waals surface area (Å²) in [5.41, 5.74) is 1.37. The van der Waals surface area contributed by atoms with Gasteiger partial charge in [0.25, 0.3) is 0 Å². The number of rotatable bonds is 2. The van der Waals surface area contributed by atoms with Crippen molar-refractivity contribution in [3.8, 4) is 0 Å². The van der Waals surface area contributed by atoms with Crippen LogP contribution >= 0.6 is 25.2 Å². The minimum atomic E-state index is 0.495. The van der Waals surface area contributed by atoms with E-state index in [-0.39, 0.29) is 0 Å². The molecule has 0 fully saturated rings. The standard InChI is InChI=1S/C8H10BrP/c9-8(10)6-7-4-2-1-3-5-7/h1-5,8H,6,10H2. The first-order valence-corrected chi connectivity index (χ1v) is 4.81. The average molecular weight is 217 g/mol. The summed E-state index contributed by atoms with van der Waals surface area (Å²) < 4.78 is 0.495. The van der Waals surface area contributed by atoms with Crippen LogP contribution in [-0.4, -0.2) is 4.57 Å². The first-order chi connectivity index (χ1) is 4.79. The van der Waals surface area contributed by atoms with E-state index in [2.05, 4.69) is 49.4 Å². The van der Waals surface area contributed by atoms with Gasteiger partial charge in [0.2, 0.25) is 0 Å². The van der Waals surface area contributed by atoms with Crippen molar-refractivity contribution in [2.75, 3.05) is 0 Å². The lowest BCUT2D eigenvalue weighted by Gasteiger charge is -2.00. The fourth-order valence-corrected chi connectivity index (χ4v) is 1.49. The molecule has 1 aromatic carbocycles. The smallest absolute Gasteiger partial charge is 0.0328 e. The maximum atomic E-state index is 3.47. The molecule has 54 valence electrons. The van der Waals surface area contributed by atoms with Gasteiger partial charge in [-0.1, -0.05) is 46.3 Å². The third kappa shape index (κ3) is 2.81. The largest absolute Gasteiger partial charge is 0.123 e. The normalized spacial score (nSPS) is 13.0. The molecule has 0 heterocycles. The van der Waals surface area contributed by atoms with Gasteiger partial charge in [-0.3, -0.25) is 0 Å². The minimum absolute atomic E-state index is 0.495. The molecule has 0 saturated heterocycles. The third-order valence-electron chi connectivity index (χ3n) is 1.27. The Balaban J connectivity index is 2.59. The van der Waals surface area contributed by atoms with Crippen LogP contribution in [0.2, 0.25) is 0 Å². The Hall–Kier alpha value is 0.130. The van der Waals surface area contributed by atoms with Crippen LogP contribution in [0.15, 0.2) is 30.3 Å². The van der Waals surface area contributed by atoms with Gasteiger partial charge in [0, 0.05) is 4.57 Å². The number of hydrogen-bond donors (Lipinski definition) is 0. The molecule has 1 aromatic rings. The Bertz CT molecular complexity index is 184. The van der Waals surface area contributed by atoms with Gasteiger partial charge in [0.1, 0.15) is 0 Å². The summed E-state index contributed by atoms with van der Waals surface area (Å²) >= 11 is 3.47. The number of alkyl halides is 1. The molecule has 0 aliphatic carbocycles. The summed E-state index contributed by atoms with van der Waals surface area (Å²) in [5, 5.41) is 0. The molecular weight excluding hydrogens is 207 g/mol. The maximum Gasteiger partial charge on any atom is 0.0328 e. The molecule has 0 N–H and O–H groups in total. The van der Waals surface area contributed by atoms with Gasteiger partial charge < -0.3 is 0 Å². The zero-order valence-electron chi connectivity index (χ0n) is 5.63. The van der Waals surface area contributed by atoms with Crippen LogP contribution < -0.4 is 0 Å². The molecule has 2 heteroatoms. The van der Waals surface area contributed by atoms with Crippen LogP contribution in [0.5, 0.6) is 0 Å². The van der Waals surface area contributed by atoms with Crippen molar-refractivity contribution >= 4 is 25.2 Å². The van der Waals surface area contributed by atoms with E-state index in [1.807, 2.05) is 6.07 Å². The van der Waals surface area contributed by atoms with E-state index in [1.165, 1.54) is 5.56 Å². The highest BCUT2D eigenvalue weighted by Gasteiger charge is 1.95. The summed E-state index contributed by atoms with van der Waals surface area (Å²) in [6.45, 7) is 0. The van der Waals surface area contributed by atoms with Gasteiger partial charge in [-0.25, -0.2) is 0 Å². The predicted molar refractivity (Wildman–Crippen MR) is 52.6 cm³/mol. The molecule has 0 radical (unpaired) electrons. The van der Waals surface area contributed by atoms with Crippen molar-refractivity contribution in [1.82, 2.24) is 0 Å². The molecule has 0 bridgehead atoms. The molecule has 0 aromatic heterocycles. The van der Waals surface area contributed by atoms with E-state index < -0.39 is 0 Å². The van der Waals surface area contributed by atoms with Crippen LogP contribution in [0.1, 0.15) is 5.56 Å². The lowest BCUT2D eigenvalue weighted by Crippen LogP contribution is -1.90. The van der Waals surface area contributed by atoms with Gasteiger partial charge in [0.15, 0.2) is 0 Å². The Morgan fingerprint density at radius 1 is 1.30 bits per heavy atom. The van der Waals surface area contributed by atoms with Crippen LogP contribution in [0, 0.1) is 0 Å². The van der Waals surface area contributed by atoms with E-state index >= 15 is 0 Å². The van der Waals surface area contributed by atoms with Crippen molar-refractivity contribution < 1.29 is 0 Å². The van der Waals surface area contributed by atoms with Crippen molar-refractivity contribution in [2.24, 2.45) is 0 Å². The van der Waals surface area contributed by atoms with E-state index in [9.17, 15) is 0 Å². The summed E-state index contributed by atoms with van der Waals surface area (Å²) in [5.74, 6) is 0. The van der Waals surface area contributed by atoms with Gasteiger partial charge in [-0.15, -0.1) is 9.24 Å². The fourth-order valence-electron chi connectivity index (χ4n) is 0.839. The molecule has 0 amide bonds. The quantitative estimate of drug-likeness (QED) is 0.527. The second-order valence-corrected chi connectivity index (χ2v) is 5.16. The number of benzene rings is 1. The molecule has 2 unspecified atom stereocenters. The van der Waals surface area contributed by atoms with Crippen molar-refractivity contribution in [2.45, 2.75) is 11.0 Å². The Morgan fingerprint density at radius 2 is 1.90 bits per heavy atom. The minimum Gasteiger partial charge on any atom is -0.123 e. The molecule has 0 aliphatic rings. The first-order valence-electron chi connectivity index (χ1n) is 3.22. The summed E-state index contributed by atoms with van der Waals surface area (Å²) in [4.78, 5) is 0. The molecule has 0 nitrogen and oxygen atoms in total. The number of hydrogen-bond acceptors (Lipinski definition) is 0. The second kappa shape index (κ2) is 4.10. The van der Waals surface area contributed by atoms with Crippen molar-refractivity contribution in [1.29, 1.82) is 0 Å². The highest BCUT2D eigenvalue weighted by Crippen LogP contribution is 2.14. The Morgan fingerprint density at radius 3 is 2.40 bits per heavy atom. The monoisotopic (exact) mass is 216 g/mol. The summed E-state index contributed by atoms with van der Waals surface area (Å²) in [6.07, 6.45) is 1.07. The maximum absolute atomic E-state index is 3.47. The third-order valence-corrected chi connectivity index (χ3v) is 1.83. The Kier molecular flexibility index (Phi) is 3.37. The zero-order chi connectivity index (χ0) is 7.40. The topological polar surface area (TPSA) is 0 Å². The van der Waals surface area contributed by atoms with Crippen LogP contribution in [0.3, 0.4) is 0 Å². The van der Waals surface area contributed by atoms with Crippen LogP contribution in [-0.2, 0) is 6.42 Å². The molecule has 1 rings (SSSR count). The highest BCUT2D eigenvalue weighted by molar-refractivity contribution is 9.10. The summed E-state index contributed by atoms with van der Waals surface area (Å²) in [7, 11) is 2.72. The lowest BCUT2D eigenvalue weighted by molar-refractivity contribution is 1.12. The fraction of sp³-hybridized carbons (Fsp3) is 0.250. The van der Waals surface area contributed by atoms with Crippen molar-refractivity contribution in [3.63, 3.8) is 0 Å². The highest BCUT2D eigenvalue weighted by atomic mass is 79.9. The SMILES string of the molecule is PC(Br)Cc1ccccc1. The van der Waals surface area contributed by atoms with Crippen molar-refractivity contribution in [3.05, 3.63) is 35.9 Å². The molecule has 0 saturated carbocycles. The predicted octanol–water partition coefficient (Wildman–Crippen LogP) is 2.83. The first kappa shape index (κ1) is 8.23. The zero-order valence-corrected chi connectivity index (χ0v) is 8.37. The van der Waals surface area contributed by atoms with Gasteiger partial charge >= 0.3 is 0 Å². The number of halogens is 1. The van der Waals surface area contributed by atoms with Gasteiger partial charge in [0.05, 0.1) is 0 Å². The van der Waals surface area contributed by atoms with Gasteiger partial charge in [-0.05, 0) is 12.0 Å². The molecule has 10 heavy (non-hydrogen) atoms. The van der Waals surface area contributed by atoms with E-state index in [0.29, 0.717) is 4.57 Å². The average Bonchev–Trinajstić information content (AvgIpc) is 1.88.